The predicted octanol–water partition coefficient (Wildman–Crippen LogP) is 8.05. The first-order valence-corrected chi connectivity index (χ1v) is 12.9. The maximum Gasteiger partial charge on any atom is 0.311 e. The lowest BCUT2D eigenvalue weighted by atomic mass is 10.0. The molecular weight excluding hydrogens is 400 g/mol. The van der Waals surface area contributed by atoms with Crippen LogP contribution in [0.15, 0.2) is 18.2 Å². The van der Waals surface area contributed by atoms with Crippen LogP contribution in [0.2, 0.25) is 0 Å². The van der Waals surface area contributed by atoms with Gasteiger partial charge in [0.15, 0.2) is 11.5 Å². The van der Waals surface area contributed by atoms with Crippen molar-refractivity contribution >= 4 is 11.9 Å². The molecule has 182 valence electrons. The van der Waals surface area contributed by atoms with Crippen molar-refractivity contribution in [1.29, 1.82) is 0 Å². The molecule has 0 amide bonds. The Morgan fingerprint density at radius 2 is 1.16 bits per heavy atom. The summed E-state index contributed by atoms with van der Waals surface area (Å²) in [5.74, 6) is 0.520. The number of benzene rings is 1. The zero-order valence-corrected chi connectivity index (χ0v) is 21.2. The fraction of sp³-hybridized carbons (Fsp3) is 0.714. The summed E-state index contributed by atoms with van der Waals surface area (Å²) in [5.41, 5.74) is 1.11. The number of rotatable bonds is 17. The van der Waals surface area contributed by atoms with Crippen LogP contribution >= 0.6 is 0 Å². The molecule has 1 rings (SSSR count). The van der Waals surface area contributed by atoms with Crippen molar-refractivity contribution in [3.05, 3.63) is 23.8 Å². The highest BCUT2D eigenvalue weighted by Crippen LogP contribution is 2.30. The zero-order valence-electron chi connectivity index (χ0n) is 21.2. The second-order valence-electron chi connectivity index (χ2n) is 9.86. The molecule has 0 saturated heterocycles. The Balaban J connectivity index is 2.55. The van der Waals surface area contributed by atoms with Crippen molar-refractivity contribution in [3.8, 4) is 11.5 Å². The van der Waals surface area contributed by atoms with Crippen LogP contribution in [0.3, 0.4) is 0 Å². The van der Waals surface area contributed by atoms with E-state index in [1.54, 1.807) is 6.07 Å². The van der Waals surface area contributed by atoms with Crippen LogP contribution in [0, 0.1) is 11.8 Å². The van der Waals surface area contributed by atoms with Crippen molar-refractivity contribution < 1.29 is 19.1 Å². The van der Waals surface area contributed by atoms with Crippen molar-refractivity contribution in [2.45, 2.75) is 118 Å². The number of carbonyl (C=O) groups excluding carboxylic acids is 2. The molecule has 0 spiro atoms. The van der Waals surface area contributed by atoms with Gasteiger partial charge >= 0.3 is 11.9 Å². The summed E-state index contributed by atoms with van der Waals surface area (Å²) in [6, 6.07) is 5.61. The molecule has 4 heteroatoms. The predicted molar refractivity (Wildman–Crippen MR) is 132 cm³/mol. The smallest absolute Gasteiger partial charge is 0.311 e. The maximum absolute atomic E-state index is 12.2. The summed E-state index contributed by atoms with van der Waals surface area (Å²) in [7, 11) is 0. The van der Waals surface area contributed by atoms with Gasteiger partial charge in [0, 0.05) is 12.8 Å². The highest BCUT2D eigenvalue weighted by atomic mass is 16.6. The third-order valence-electron chi connectivity index (χ3n) is 5.42. The van der Waals surface area contributed by atoms with Crippen molar-refractivity contribution in [1.82, 2.24) is 0 Å². The van der Waals surface area contributed by atoms with Gasteiger partial charge in [0.05, 0.1) is 0 Å². The van der Waals surface area contributed by atoms with E-state index in [9.17, 15) is 9.59 Å². The van der Waals surface area contributed by atoms with Gasteiger partial charge < -0.3 is 9.47 Å². The molecular formula is C28H46O4. The fourth-order valence-corrected chi connectivity index (χ4v) is 3.68. The molecule has 0 saturated carbocycles. The number of aryl methyl sites for hydroxylation is 1. The SMILES string of the molecule is CCCCCCCCCCCCc1ccc(OC(=O)CC(C)C)c(OC(=O)CC(C)C)c1. The summed E-state index contributed by atoms with van der Waals surface area (Å²) in [4.78, 5) is 24.4. The second kappa shape index (κ2) is 16.7. The summed E-state index contributed by atoms with van der Waals surface area (Å²) in [6.07, 6.45) is 14.6. The van der Waals surface area contributed by atoms with Gasteiger partial charge in [-0.05, 0) is 42.4 Å². The number of hydrogen-bond acceptors (Lipinski definition) is 4. The molecule has 0 aliphatic heterocycles. The van der Waals surface area contributed by atoms with Crippen LogP contribution in [-0.4, -0.2) is 11.9 Å². The normalized spacial score (nSPS) is 11.2. The quantitative estimate of drug-likeness (QED) is 0.138. The summed E-state index contributed by atoms with van der Waals surface area (Å²) in [6.45, 7) is 10.2. The van der Waals surface area contributed by atoms with Crippen molar-refractivity contribution in [3.63, 3.8) is 0 Å². The first-order valence-electron chi connectivity index (χ1n) is 12.9. The summed E-state index contributed by atoms with van der Waals surface area (Å²) < 4.78 is 11.1. The standard InChI is InChI=1S/C28H46O4/c1-6-7-8-9-10-11-12-13-14-15-16-24-17-18-25(31-27(29)19-22(2)3)26(21-24)32-28(30)20-23(4)5/h17-18,21-23H,6-16,19-20H2,1-5H3. The lowest BCUT2D eigenvalue weighted by Gasteiger charge is -2.14. The van der Waals surface area contributed by atoms with Gasteiger partial charge in [-0.1, -0.05) is 98.5 Å². The van der Waals surface area contributed by atoms with Gasteiger partial charge in [0.2, 0.25) is 0 Å². The highest BCUT2D eigenvalue weighted by Gasteiger charge is 2.16. The van der Waals surface area contributed by atoms with E-state index in [0.29, 0.717) is 24.3 Å². The summed E-state index contributed by atoms with van der Waals surface area (Å²) >= 11 is 0. The molecule has 0 heterocycles. The average Bonchev–Trinajstić information content (AvgIpc) is 2.70. The van der Waals surface area contributed by atoms with Crippen molar-refractivity contribution in [2.24, 2.45) is 11.8 Å². The van der Waals surface area contributed by atoms with E-state index in [1.165, 1.54) is 57.8 Å². The first-order chi connectivity index (χ1) is 15.3. The van der Waals surface area contributed by atoms with Gasteiger partial charge in [-0.3, -0.25) is 9.59 Å². The van der Waals surface area contributed by atoms with Gasteiger partial charge in [-0.2, -0.15) is 0 Å². The third-order valence-corrected chi connectivity index (χ3v) is 5.42. The Labute approximate surface area is 196 Å². The van der Waals surface area contributed by atoms with Crippen LogP contribution < -0.4 is 9.47 Å². The lowest BCUT2D eigenvalue weighted by Crippen LogP contribution is -2.14. The Morgan fingerprint density at radius 3 is 1.66 bits per heavy atom. The van der Waals surface area contributed by atoms with Gasteiger partial charge in [0.1, 0.15) is 0 Å². The van der Waals surface area contributed by atoms with E-state index < -0.39 is 0 Å². The van der Waals surface area contributed by atoms with Crippen LogP contribution in [0.1, 0.15) is 117 Å². The molecule has 0 unspecified atom stereocenters. The minimum absolute atomic E-state index is 0.212. The van der Waals surface area contributed by atoms with E-state index in [1.807, 2.05) is 39.8 Å². The molecule has 0 fully saturated rings. The van der Waals surface area contributed by atoms with Crippen molar-refractivity contribution in [2.75, 3.05) is 0 Å². The topological polar surface area (TPSA) is 52.6 Å². The Hall–Kier alpha value is -1.84. The molecule has 4 nitrogen and oxygen atoms in total. The van der Waals surface area contributed by atoms with E-state index in [4.69, 9.17) is 9.47 Å². The van der Waals surface area contributed by atoms with Gasteiger partial charge in [0.25, 0.3) is 0 Å². The van der Waals surface area contributed by atoms with Gasteiger partial charge in [-0.15, -0.1) is 0 Å². The number of esters is 2. The molecule has 0 aromatic heterocycles. The lowest BCUT2D eigenvalue weighted by molar-refractivity contribution is -0.138. The molecule has 1 aromatic rings. The fourth-order valence-electron chi connectivity index (χ4n) is 3.68. The van der Waals surface area contributed by atoms with E-state index >= 15 is 0 Å². The highest BCUT2D eigenvalue weighted by molar-refractivity contribution is 5.76. The van der Waals surface area contributed by atoms with Gasteiger partial charge in [-0.25, -0.2) is 0 Å². The van der Waals surface area contributed by atoms with Crippen LogP contribution in [0.25, 0.3) is 0 Å². The monoisotopic (exact) mass is 446 g/mol. The molecule has 32 heavy (non-hydrogen) atoms. The van der Waals surface area contributed by atoms with E-state index in [2.05, 4.69) is 6.92 Å². The van der Waals surface area contributed by atoms with Crippen LogP contribution in [-0.2, 0) is 16.0 Å². The third kappa shape index (κ3) is 13.5. The molecule has 0 bridgehead atoms. The number of carbonyl (C=O) groups is 2. The molecule has 0 atom stereocenters. The van der Waals surface area contributed by atoms with Crippen LogP contribution in [0.4, 0.5) is 0 Å². The molecule has 0 N–H and O–H groups in total. The van der Waals surface area contributed by atoms with Crippen LogP contribution in [0.5, 0.6) is 11.5 Å². The second-order valence-corrected chi connectivity index (χ2v) is 9.86. The summed E-state index contributed by atoms with van der Waals surface area (Å²) in [5, 5.41) is 0. The number of unbranched alkanes of at least 4 members (excludes halogenated alkanes) is 9. The number of hydrogen-bond donors (Lipinski definition) is 0. The average molecular weight is 447 g/mol. The molecule has 0 aliphatic rings. The molecule has 0 radical (unpaired) electrons. The Kier molecular flexibility index (Phi) is 14.8. The largest absolute Gasteiger partial charge is 0.423 e. The Bertz CT molecular complexity index is 663. The van der Waals surface area contributed by atoms with E-state index in [-0.39, 0.29) is 23.8 Å². The maximum atomic E-state index is 12.2. The minimum atomic E-state index is -0.302. The molecule has 0 aliphatic carbocycles. The molecule has 1 aromatic carbocycles. The van der Waals surface area contributed by atoms with E-state index in [0.717, 1.165) is 18.4 Å². The Morgan fingerprint density at radius 1 is 0.688 bits per heavy atom. The first kappa shape index (κ1) is 28.2. The zero-order chi connectivity index (χ0) is 23.8. The minimum Gasteiger partial charge on any atom is -0.423 e. The number of ether oxygens (including phenoxy) is 2.